The Labute approximate surface area is 690 Å². The van der Waals surface area contributed by atoms with Crippen molar-refractivity contribution in [3.8, 4) is 0 Å². The minimum absolute atomic E-state index is 0.0637. The molecule has 37 nitrogen and oxygen atoms in total. The van der Waals surface area contributed by atoms with Crippen molar-refractivity contribution in [3.63, 3.8) is 0 Å². The van der Waals surface area contributed by atoms with Crippen LogP contribution in [0, 0.1) is 50.2 Å². The summed E-state index contributed by atoms with van der Waals surface area (Å²) < 4.78 is 136. The zero-order chi connectivity index (χ0) is 88.3. The van der Waals surface area contributed by atoms with Crippen LogP contribution in [0.3, 0.4) is 0 Å². The number of ether oxygens (including phenoxy) is 22. The molecule has 0 radical (unpaired) electrons. The van der Waals surface area contributed by atoms with Gasteiger partial charge in [-0.25, -0.2) is 0 Å². The third-order valence-corrected chi connectivity index (χ3v) is 25.5. The summed E-state index contributed by atoms with van der Waals surface area (Å²) in [5.74, 6) is -13.2. The largest absolute Gasteiger partial charge is 0.465 e. The molecule has 668 valence electrons. The monoisotopic (exact) mass is 1690 g/mol. The molecule has 0 aromatic heterocycles. The zero-order valence-electron chi connectivity index (χ0n) is 71.6. The van der Waals surface area contributed by atoms with E-state index in [2.05, 4.69) is 40.7 Å². The van der Waals surface area contributed by atoms with Gasteiger partial charge in [0.25, 0.3) is 0 Å². The molecule has 8 fully saturated rings. The van der Waals surface area contributed by atoms with Crippen molar-refractivity contribution in [2.45, 2.75) is 338 Å². The van der Waals surface area contributed by atoms with Crippen molar-refractivity contribution in [2.75, 3.05) is 33.0 Å². The highest BCUT2D eigenvalue weighted by Crippen LogP contribution is 2.76. The van der Waals surface area contributed by atoms with E-state index in [-0.39, 0.29) is 42.8 Å². The van der Waals surface area contributed by atoms with Gasteiger partial charge in [0.05, 0.1) is 18.8 Å². The quantitative estimate of drug-likeness (QED) is 0.0465. The number of carbonyl (C=O) groups excluding carboxylic acids is 14. The fourth-order valence-corrected chi connectivity index (χ4v) is 20.5. The van der Waals surface area contributed by atoms with E-state index in [1.54, 1.807) is 0 Å². The lowest BCUT2D eigenvalue weighted by molar-refractivity contribution is -0.403. The van der Waals surface area contributed by atoms with Crippen LogP contribution in [-0.4, -0.2) is 257 Å². The fourth-order valence-electron chi connectivity index (χ4n) is 20.5. The highest BCUT2D eigenvalue weighted by Gasteiger charge is 2.73. The lowest BCUT2D eigenvalue weighted by Crippen LogP contribution is -2.70. The summed E-state index contributed by atoms with van der Waals surface area (Å²) in [4.78, 5) is 184. The van der Waals surface area contributed by atoms with E-state index in [0.29, 0.717) is 38.5 Å². The number of esters is 14. The fraction of sp³-hybridized carbons (Fsp3) is 0.805. The molecule has 5 aliphatic carbocycles. The summed E-state index contributed by atoms with van der Waals surface area (Å²) in [6.07, 6.45) is -32.8. The van der Waals surface area contributed by atoms with Crippen LogP contribution in [0.25, 0.3) is 0 Å². The molecule has 119 heavy (non-hydrogen) atoms. The summed E-state index contributed by atoms with van der Waals surface area (Å²) in [6, 6.07) is 0. The average molecular weight is 1700 g/mol. The molecule has 4 heterocycles. The van der Waals surface area contributed by atoms with E-state index < -0.39 is 265 Å². The second-order valence-corrected chi connectivity index (χ2v) is 34.6. The van der Waals surface area contributed by atoms with E-state index in [1.807, 2.05) is 6.92 Å². The maximum Gasteiger partial charge on any atom is 0.303 e. The summed E-state index contributed by atoms with van der Waals surface area (Å²) in [6.45, 7) is 27.1. The van der Waals surface area contributed by atoms with Crippen LogP contribution < -0.4 is 0 Å². The molecule has 0 amide bonds. The summed E-state index contributed by atoms with van der Waals surface area (Å²) >= 11 is 0. The smallest absolute Gasteiger partial charge is 0.303 e. The van der Waals surface area contributed by atoms with Crippen LogP contribution in [0.5, 0.6) is 0 Å². The summed E-state index contributed by atoms with van der Waals surface area (Å²) in [5, 5.41) is 12.7. The Kier molecular flexibility index (Phi) is 30.4. The normalized spacial score (nSPS) is 39.4. The van der Waals surface area contributed by atoms with Gasteiger partial charge in [0.15, 0.2) is 74.0 Å². The van der Waals surface area contributed by atoms with Gasteiger partial charge in [-0.05, 0) is 104 Å². The molecule has 0 bridgehead atoms. The molecule has 0 spiro atoms. The van der Waals surface area contributed by atoms with Crippen molar-refractivity contribution in [1.82, 2.24) is 0 Å². The summed E-state index contributed by atoms with van der Waals surface area (Å²) in [7, 11) is 0. The Hall–Kier alpha value is -8.04. The average Bonchev–Trinajstić information content (AvgIpc) is 0.670. The first-order valence-electron chi connectivity index (χ1n) is 40.3. The van der Waals surface area contributed by atoms with E-state index in [0.717, 1.165) is 89.0 Å². The van der Waals surface area contributed by atoms with Crippen LogP contribution in [0.2, 0.25) is 0 Å². The molecule has 1 N–H and O–H groups in total. The summed E-state index contributed by atoms with van der Waals surface area (Å²) in [5.41, 5.74) is -2.56. The molecule has 9 aliphatic rings. The van der Waals surface area contributed by atoms with Crippen molar-refractivity contribution < 1.29 is 176 Å². The van der Waals surface area contributed by atoms with Gasteiger partial charge < -0.3 is 109 Å². The third kappa shape index (κ3) is 21.2. The number of hydrogen-bond acceptors (Lipinski definition) is 37. The van der Waals surface area contributed by atoms with E-state index in [1.165, 1.54) is 33.3 Å². The molecule has 30 atom stereocenters. The number of carbonyl (C=O) groups is 14. The van der Waals surface area contributed by atoms with Crippen LogP contribution in [0.15, 0.2) is 11.6 Å². The number of aliphatic hydroxyl groups excluding tert-OH is 1. The SMILES string of the molecule is CC(=O)OC[C@H]1O[C@@H](O[C@H]2[C@H](O[C@H]3CC[C@]4(C)C5CC=C6C7CC(C)(C)CC[C@]7(COC(C)=O)[C@@H](OC(C)=O)C[C@@]6(C)[C@]5(C)CC[C@H]4[C@]3(C)COC(C)=O)O[C@H](C)[C@H](OC(C)=O)[C@@H]2O[C@@H]2O[C@H](COC(C)=O)[C@@H](O[C@@H]3O[C@H](COC(C)=O)[C@@H](OC(C)=O)[C@H](OC(C)=O)[C@H]3OC(C)=O)[C@@H](OC(C)=O)[C@H]2OC(C)=O)[C@@H](O)[C@H](OC(C)=O)[C@H]1OC(C)=O. The van der Waals surface area contributed by atoms with Gasteiger partial charge in [-0.1, -0.05) is 53.2 Å². The lowest BCUT2D eigenvalue weighted by Gasteiger charge is -2.72. The molecule has 2 unspecified atom stereocenters. The molecular formula is C82H118O37. The van der Waals surface area contributed by atoms with Crippen LogP contribution in [0.1, 0.15) is 203 Å². The van der Waals surface area contributed by atoms with Gasteiger partial charge in [0.1, 0.15) is 75.3 Å². The molecule has 4 saturated heterocycles. The standard InChI is InChI=1S/C82H118O37/c1-37-62(105-44(8)89)67(118-76-71(112-51(15)96)69(110-49(13)94)65(56(115-76)34-100-40(4)85)117-75-70(111-50(14)95)68(109-48(12)93)64(107-46(10)91)55(114-75)33-99-39(3)84)72(119-73-61(97)66(108-47(11)92)63(106-45(9)90)54(113-73)32-98-38(2)83)74(103-37)116-59-25-26-78(18)57(79(59,19)35-101-41(5)86)24-27-80(20)58(78)23-22-52-53-30-77(16,17)28-29-82(53,36-102-42(6)87)60(104-43(7)88)31-81(52,80)21/h22,37,53-76,97H,23-36H2,1-21H3/t37-,53?,54-,55-,56-,57-,58?,59+,60+,61+,62+,63+,64-,65-,66+,67+,68+,69-,70-,71-,72-,73+,74+,75+,76+,78+,79+,80-,81-,82-/m1/s1. The van der Waals surface area contributed by atoms with Crippen molar-refractivity contribution >= 4 is 83.6 Å². The Morgan fingerprint density at radius 1 is 0.370 bits per heavy atom. The first kappa shape index (κ1) is 94.8. The lowest BCUT2D eigenvalue weighted by atomic mass is 9.33. The highest BCUT2D eigenvalue weighted by atomic mass is 16.8. The molecule has 0 aromatic carbocycles. The number of hydrogen-bond donors (Lipinski definition) is 1. The van der Waals surface area contributed by atoms with Crippen molar-refractivity contribution in [1.29, 1.82) is 0 Å². The van der Waals surface area contributed by atoms with E-state index in [4.69, 9.17) is 104 Å². The Bertz CT molecular complexity index is 3820. The van der Waals surface area contributed by atoms with Crippen LogP contribution >= 0.6 is 0 Å². The minimum Gasteiger partial charge on any atom is -0.465 e. The first-order chi connectivity index (χ1) is 55.5. The number of fused-ring (bicyclic) bond motifs is 7. The first-order valence-corrected chi connectivity index (χ1v) is 40.3. The Morgan fingerprint density at radius 3 is 1.26 bits per heavy atom. The van der Waals surface area contributed by atoms with Gasteiger partial charge in [0, 0.05) is 108 Å². The van der Waals surface area contributed by atoms with Gasteiger partial charge in [0.2, 0.25) is 0 Å². The number of allylic oxidation sites excluding steroid dienone is 2. The van der Waals surface area contributed by atoms with Crippen molar-refractivity contribution in [2.24, 2.45) is 50.2 Å². The van der Waals surface area contributed by atoms with Crippen LogP contribution in [0.4, 0.5) is 0 Å². The predicted octanol–water partition coefficient (Wildman–Crippen LogP) is 5.40. The van der Waals surface area contributed by atoms with Gasteiger partial charge in [-0.3, -0.25) is 67.1 Å². The minimum atomic E-state index is -2.23. The second-order valence-electron chi connectivity index (χ2n) is 34.6. The van der Waals surface area contributed by atoms with Crippen molar-refractivity contribution in [3.05, 3.63) is 11.6 Å². The second kappa shape index (κ2) is 38.2. The Morgan fingerprint density at radius 2 is 0.773 bits per heavy atom. The maximum absolute atomic E-state index is 13.9. The highest BCUT2D eigenvalue weighted by molar-refractivity contribution is 5.71. The van der Waals surface area contributed by atoms with Gasteiger partial charge in [-0.2, -0.15) is 0 Å². The maximum atomic E-state index is 13.9. The van der Waals surface area contributed by atoms with Crippen LogP contribution in [-0.2, 0) is 171 Å². The van der Waals surface area contributed by atoms with Gasteiger partial charge >= 0.3 is 83.6 Å². The third-order valence-electron chi connectivity index (χ3n) is 25.5. The Balaban J connectivity index is 1.20. The van der Waals surface area contributed by atoms with Gasteiger partial charge in [-0.15, -0.1) is 0 Å². The molecule has 4 saturated carbocycles. The topological polar surface area (TPSA) is 462 Å². The molecular weight excluding hydrogens is 1580 g/mol. The van der Waals surface area contributed by atoms with E-state index in [9.17, 15) is 72.2 Å². The zero-order valence-corrected chi connectivity index (χ0v) is 71.6. The number of rotatable bonds is 27. The number of aliphatic hydroxyl groups is 1. The predicted molar refractivity (Wildman–Crippen MR) is 398 cm³/mol. The van der Waals surface area contributed by atoms with E-state index >= 15 is 0 Å². The molecule has 9 rings (SSSR count). The molecule has 37 heteroatoms. The molecule has 4 aliphatic heterocycles. The molecule has 0 aromatic rings.